The van der Waals surface area contributed by atoms with Crippen LogP contribution in [-0.2, 0) is 26.1 Å². The summed E-state index contributed by atoms with van der Waals surface area (Å²) >= 11 is 0. The van der Waals surface area contributed by atoms with Crippen LogP contribution in [0.1, 0.15) is 46.1 Å². The highest BCUT2D eigenvalue weighted by Crippen LogP contribution is 2.20. The molecule has 1 heterocycles. The molecule has 1 aromatic heterocycles. The minimum absolute atomic E-state index is 0.0000273. The van der Waals surface area contributed by atoms with Gasteiger partial charge in [0.1, 0.15) is 23.7 Å². The van der Waals surface area contributed by atoms with Gasteiger partial charge in [-0.3, -0.25) is 0 Å². The highest BCUT2D eigenvalue weighted by Gasteiger charge is 2.24. The third kappa shape index (κ3) is 4.60. The lowest BCUT2D eigenvalue weighted by atomic mass is 10.2. The maximum atomic E-state index is 12.6. The second-order valence-corrected chi connectivity index (χ2v) is 8.39. The molecule has 9 heteroatoms. The Labute approximate surface area is 164 Å². The Morgan fingerprint density at radius 3 is 2.46 bits per heavy atom. The second kappa shape index (κ2) is 8.57. The van der Waals surface area contributed by atoms with Gasteiger partial charge >= 0.3 is 11.9 Å². The zero-order valence-corrected chi connectivity index (χ0v) is 17.2. The number of aryl methyl sites for hydroxylation is 1. The SMILES string of the molecule is COC(=O)c1cc(COC(=O)c2cccc(S(=O)(=O)N(C)C(C)C)c2)oc1C. The maximum absolute atomic E-state index is 12.6. The van der Waals surface area contributed by atoms with Crippen LogP contribution in [0, 0.1) is 6.92 Å². The molecule has 0 amide bonds. The highest BCUT2D eigenvalue weighted by molar-refractivity contribution is 7.89. The van der Waals surface area contributed by atoms with Gasteiger partial charge in [0.25, 0.3) is 0 Å². The van der Waals surface area contributed by atoms with Crippen LogP contribution in [0.4, 0.5) is 0 Å². The number of methoxy groups -OCH3 is 1. The van der Waals surface area contributed by atoms with Crippen LogP contribution in [0.15, 0.2) is 39.6 Å². The second-order valence-electron chi connectivity index (χ2n) is 6.39. The number of carbonyl (C=O) groups excluding carboxylic acids is 2. The molecule has 0 spiro atoms. The highest BCUT2D eigenvalue weighted by atomic mass is 32.2. The first-order chi connectivity index (χ1) is 13.1. The minimum atomic E-state index is -3.72. The van der Waals surface area contributed by atoms with E-state index in [1.165, 1.54) is 48.8 Å². The van der Waals surface area contributed by atoms with E-state index < -0.39 is 22.0 Å². The van der Waals surface area contributed by atoms with E-state index in [2.05, 4.69) is 4.74 Å². The van der Waals surface area contributed by atoms with Crippen molar-refractivity contribution in [3.8, 4) is 0 Å². The summed E-state index contributed by atoms with van der Waals surface area (Å²) in [6.45, 7) is 4.89. The smallest absolute Gasteiger partial charge is 0.341 e. The summed E-state index contributed by atoms with van der Waals surface area (Å²) in [6, 6.07) is 6.83. The lowest BCUT2D eigenvalue weighted by Crippen LogP contribution is -2.33. The Kier molecular flexibility index (Phi) is 6.63. The van der Waals surface area contributed by atoms with Crippen LogP contribution in [0.2, 0.25) is 0 Å². The van der Waals surface area contributed by atoms with Crippen molar-refractivity contribution >= 4 is 22.0 Å². The van der Waals surface area contributed by atoms with Crippen molar-refractivity contribution in [2.24, 2.45) is 0 Å². The van der Waals surface area contributed by atoms with Crippen LogP contribution in [0.5, 0.6) is 0 Å². The van der Waals surface area contributed by atoms with E-state index in [0.29, 0.717) is 5.76 Å². The van der Waals surface area contributed by atoms with E-state index in [9.17, 15) is 18.0 Å². The average Bonchev–Trinajstić information content (AvgIpc) is 3.05. The largest absolute Gasteiger partial charge is 0.465 e. The maximum Gasteiger partial charge on any atom is 0.341 e. The predicted octanol–water partition coefficient (Wildman–Crippen LogP) is 2.76. The number of nitrogens with zero attached hydrogens (tertiary/aromatic N) is 1. The molecule has 0 N–H and O–H groups in total. The zero-order valence-electron chi connectivity index (χ0n) is 16.4. The summed E-state index contributed by atoms with van der Waals surface area (Å²) in [5, 5.41) is 0. The lowest BCUT2D eigenvalue weighted by Gasteiger charge is -2.21. The molecule has 2 rings (SSSR count). The normalized spacial score (nSPS) is 11.7. The summed E-state index contributed by atoms with van der Waals surface area (Å²) in [6.07, 6.45) is 0. The molecule has 0 unspecified atom stereocenters. The van der Waals surface area contributed by atoms with Crippen LogP contribution in [0.25, 0.3) is 0 Å². The van der Waals surface area contributed by atoms with Gasteiger partial charge in [-0.2, -0.15) is 4.31 Å². The summed E-state index contributed by atoms with van der Waals surface area (Å²) in [7, 11) is -0.989. The molecular weight excluding hydrogens is 386 g/mol. The molecule has 0 aliphatic rings. The molecule has 0 radical (unpaired) electrons. The van der Waals surface area contributed by atoms with E-state index in [0.717, 1.165) is 0 Å². The first-order valence-electron chi connectivity index (χ1n) is 8.50. The molecule has 0 aliphatic carbocycles. The van der Waals surface area contributed by atoms with Gasteiger partial charge in [-0.1, -0.05) is 6.07 Å². The number of rotatable bonds is 7. The number of hydrogen-bond acceptors (Lipinski definition) is 7. The number of carbonyl (C=O) groups is 2. The Hall–Kier alpha value is -2.65. The van der Waals surface area contributed by atoms with Gasteiger partial charge in [0.2, 0.25) is 10.0 Å². The van der Waals surface area contributed by atoms with Crippen molar-refractivity contribution in [1.29, 1.82) is 0 Å². The van der Waals surface area contributed by atoms with Crippen molar-refractivity contribution in [2.75, 3.05) is 14.2 Å². The van der Waals surface area contributed by atoms with Gasteiger partial charge in [-0.05, 0) is 45.0 Å². The Morgan fingerprint density at radius 1 is 1.18 bits per heavy atom. The number of furan rings is 1. The van der Waals surface area contributed by atoms with E-state index >= 15 is 0 Å². The van der Waals surface area contributed by atoms with Crippen LogP contribution < -0.4 is 0 Å². The van der Waals surface area contributed by atoms with E-state index in [1.54, 1.807) is 20.8 Å². The summed E-state index contributed by atoms with van der Waals surface area (Å²) < 4.78 is 41.6. The van der Waals surface area contributed by atoms with E-state index in [1.807, 2.05) is 0 Å². The summed E-state index contributed by atoms with van der Waals surface area (Å²) in [5.74, 6) is -0.638. The third-order valence-corrected chi connectivity index (χ3v) is 6.22. The molecule has 0 aliphatic heterocycles. The van der Waals surface area contributed by atoms with E-state index in [4.69, 9.17) is 9.15 Å². The quantitative estimate of drug-likeness (QED) is 0.648. The van der Waals surface area contributed by atoms with Gasteiger partial charge < -0.3 is 13.9 Å². The van der Waals surface area contributed by atoms with Gasteiger partial charge in [-0.25, -0.2) is 18.0 Å². The number of ether oxygens (including phenoxy) is 2. The fraction of sp³-hybridized carbons (Fsp3) is 0.368. The first-order valence-corrected chi connectivity index (χ1v) is 9.94. The molecular formula is C19H23NO7S. The molecule has 0 fully saturated rings. The topological polar surface area (TPSA) is 103 Å². The van der Waals surface area contributed by atoms with Crippen molar-refractivity contribution in [1.82, 2.24) is 4.31 Å². The van der Waals surface area contributed by atoms with Crippen molar-refractivity contribution in [3.05, 3.63) is 53.0 Å². The number of benzene rings is 1. The molecule has 0 atom stereocenters. The fourth-order valence-electron chi connectivity index (χ4n) is 2.37. The molecule has 152 valence electrons. The number of esters is 2. The minimum Gasteiger partial charge on any atom is -0.465 e. The van der Waals surface area contributed by atoms with Crippen molar-refractivity contribution < 1.29 is 31.9 Å². The number of hydrogen-bond donors (Lipinski definition) is 0. The molecule has 0 bridgehead atoms. The Bertz CT molecular complexity index is 976. The fourth-order valence-corrected chi connectivity index (χ4v) is 3.79. The lowest BCUT2D eigenvalue weighted by molar-refractivity contribution is 0.0443. The van der Waals surface area contributed by atoms with Crippen molar-refractivity contribution in [2.45, 2.75) is 38.3 Å². The van der Waals surface area contributed by atoms with Crippen LogP contribution >= 0.6 is 0 Å². The Morgan fingerprint density at radius 2 is 1.86 bits per heavy atom. The van der Waals surface area contributed by atoms with Gasteiger partial charge in [0.05, 0.1) is 17.6 Å². The molecule has 1 aromatic carbocycles. The average molecular weight is 409 g/mol. The molecule has 28 heavy (non-hydrogen) atoms. The van der Waals surface area contributed by atoms with E-state index in [-0.39, 0.29) is 34.4 Å². The van der Waals surface area contributed by atoms with Gasteiger partial charge in [-0.15, -0.1) is 0 Å². The monoisotopic (exact) mass is 409 g/mol. The summed E-state index contributed by atoms with van der Waals surface area (Å²) in [4.78, 5) is 23.9. The standard InChI is InChI=1S/C19H23NO7S/c1-12(2)20(4)28(23,24)16-8-6-7-14(9-16)18(21)26-11-15-10-17(13(3)27-15)19(22)25-5/h6-10,12H,11H2,1-5H3. The van der Waals surface area contributed by atoms with Crippen LogP contribution in [0.3, 0.4) is 0 Å². The number of sulfonamides is 1. The molecule has 8 nitrogen and oxygen atoms in total. The predicted molar refractivity (Wildman–Crippen MR) is 100 cm³/mol. The zero-order chi connectivity index (χ0) is 21.1. The van der Waals surface area contributed by atoms with Crippen molar-refractivity contribution in [3.63, 3.8) is 0 Å². The molecule has 0 saturated carbocycles. The van der Waals surface area contributed by atoms with Gasteiger partial charge in [0.15, 0.2) is 0 Å². The molecule has 0 saturated heterocycles. The Balaban J connectivity index is 2.15. The summed E-state index contributed by atoms with van der Waals surface area (Å²) in [5.41, 5.74) is 0.341. The molecule has 2 aromatic rings. The third-order valence-electron chi connectivity index (χ3n) is 4.19. The van der Waals surface area contributed by atoms with Gasteiger partial charge in [0, 0.05) is 13.1 Å². The first kappa shape index (κ1) is 21.6. The van der Waals surface area contributed by atoms with Crippen LogP contribution in [-0.4, -0.2) is 44.9 Å².